The summed E-state index contributed by atoms with van der Waals surface area (Å²) in [5, 5.41) is 2.71. The molecule has 1 N–H and O–H groups in total. The summed E-state index contributed by atoms with van der Waals surface area (Å²) in [5.41, 5.74) is 1.04. The second kappa shape index (κ2) is 8.29. The van der Waals surface area contributed by atoms with Gasteiger partial charge < -0.3 is 24.4 Å². The van der Waals surface area contributed by atoms with E-state index in [-0.39, 0.29) is 30.5 Å². The van der Waals surface area contributed by atoms with Crippen LogP contribution in [0.15, 0.2) is 35.5 Å². The summed E-state index contributed by atoms with van der Waals surface area (Å²) >= 11 is 0. The lowest BCUT2D eigenvalue weighted by Gasteiger charge is -2.31. The van der Waals surface area contributed by atoms with Crippen LogP contribution in [0, 0.1) is 0 Å². The van der Waals surface area contributed by atoms with Crippen LogP contribution in [0.2, 0.25) is 0 Å². The van der Waals surface area contributed by atoms with Crippen molar-refractivity contribution in [3.8, 4) is 0 Å². The summed E-state index contributed by atoms with van der Waals surface area (Å²) in [7, 11) is 2.45. The number of esters is 2. The van der Waals surface area contributed by atoms with E-state index in [0.29, 0.717) is 17.8 Å². The number of anilines is 1. The van der Waals surface area contributed by atoms with Crippen LogP contribution < -0.4 is 10.2 Å². The smallest absolute Gasteiger partial charge is 0.355 e. The third-order valence-electron chi connectivity index (χ3n) is 3.59. The van der Waals surface area contributed by atoms with E-state index in [4.69, 9.17) is 14.2 Å². The van der Waals surface area contributed by atoms with E-state index in [0.717, 1.165) is 0 Å². The first-order valence-corrected chi connectivity index (χ1v) is 7.66. The lowest BCUT2D eigenvalue weighted by molar-refractivity contribution is -0.140. The molecule has 0 atom stereocenters. The Morgan fingerprint density at radius 3 is 2.56 bits per heavy atom. The SMILES string of the molecule is CCNC(=O)c1cccc(N2COCC(C(=O)OC)=C2C(=O)OC)c1. The number of carbonyl (C=O) groups is 3. The van der Waals surface area contributed by atoms with E-state index in [1.54, 1.807) is 24.3 Å². The molecule has 0 saturated heterocycles. The molecular weight excluding hydrogens is 328 g/mol. The highest BCUT2D eigenvalue weighted by Crippen LogP contribution is 2.27. The van der Waals surface area contributed by atoms with Crippen LogP contribution in [0.1, 0.15) is 17.3 Å². The van der Waals surface area contributed by atoms with Gasteiger partial charge in [-0.1, -0.05) is 6.07 Å². The van der Waals surface area contributed by atoms with Crippen molar-refractivity contribution in [1.82, 2.24) is 5.32 Å². The Morgan fingerprint density at radius 2 is 1.92 bits per heavy atom. The fraction of sp³-hybridized carbons (Fsp3) is 0.353. The average Bonchev–Trinajstić information content (AvgIpc) is 2.66. The maximum atomic E-state index is 12.2. The Balaban J connectivity index is 2.49. The highest BCUT2D eigenvalue weighted by atomic mass is 16.5. The van der Waals surface area contributed by atoms with Crippen molar-refractivity contribution >= 4 is 23.5 Å². The summed E-state index contributed by atoms with van der Waals surface area (Å²) in [6.07, 6.45) is 0. The summed E-state index contributed by atoms with van der Waals surface area (Å²) < 4.78 is 14.9. The maximum absolute atomic E-state index is 12.2. The minimum atomic E-state index is -0.688. The molecule has 0 aliphatic carbocycles. The Morgan fingerprint density at radius 1 is 1.20 bits per heavy atom. The van der Waals surface area contributed by atoms with Gasteiger partial charge in [0.25, 0.3) is 5.91 Å². The fourth-order valence-corrected chi connectivity index (χ4v) is 2.42. The fourth-order valence-electron chi connectivity index (χ4n) is 2.42. The molecule has 0 spiro atoms. The van der Waals surface area contributed by atoms with Crippen LogP contribution >= 0.6 is 0 Å². The van der Waals surface area contributed by atoms with Crippen LogP contribution in [0.3, 0.4) is 0 Å². The zero-order valence-corrected chi connectivity index (χ0v) is 14.3. The first-order valence-electron chi connectivity index (χ1n) is 7.66. The molecule has 2 rings (SSSR count). The molecule has 0 bridgehead atoms. The Bertz CT molecular complexity index is 713. The Hall–Kier alpha value is -2.87. The molecule has 25 heavy (non-hydrogen) atoms. The molecule has 1 heterocycles. The molecule has 1 aromatic carbocycles. The number of carbonyl (C=O) groups excluding carboxylic acids is 3. The largest absolute Gasteiger partial charge is 0.466 e. The average molecular weight is 348 g/mol. The number of hydrogen-bond acceptors (Lipinski definition) is 7. The molecule has 8 nitrogen and oxygen atoms in total. The van der Waals surface area contributed by atoms with Gasteiger partial charge in [-0.2, -0.15) is 0 Å². The molecule has 0 saturated carbocycles. The van der Waals surface area contributed by atoms with Crippen LogP contribution in [0.5, 0.6) is 0 Å². The van der Waals surface area contributed by atoms with Gasteiger partial charge in [-0.25, -0.2) is 9.59 Å². The zero-order valence-electron chi connectivity index (χ0n) is 14.3. The second-order valence-electron chi connectivity index (χ2n) is 5.13. The summed E-state index contributed by atoms with van der Waals surface area (Å²) in [4.78, 5) is 37.7. The number of nitrogens with zero attached hydrogens (tertiary/aromatic N) is 1. The van der Waals surface area contributed by atoms with Crippen molar-refractivity contribution in [2.24, 2.45) is 0 Å². The number of hydrogen-bond donors (Lipinski definition) is 1. The molecule has 1 aliphatic heterocycles. The number of rotatable bonds is 5. The van der Waals surface area contributed by atoms with Crippen molar-refractivity contribution in [3.05, 3.63) is 41.1 Å². The highest BCUT2D eigenvalue weighted by molar-refractivity contribution is 6.03. The summed E-state index contributed by atoms with van der Waals surface area (Å²) in [5.74, 6) is -1.60. The maximum Gasteiger partial charge on any atom is 0.355 e. The molecule has 0 aromatic heterocycles. The first kappa shape index (κ1) is 18.5. The van der Waals surface area contributed by atoms with Crippen molar-refractivity contribution < 1.29 is 28.6 Å². The Kier molecular flexibility index (Phi) is 6.13. The van der Waals surface area contributed by atoms with Gasteiger partial charge >= 0.3 is 11.9 Å². The summed E-state index contributed by atoms with van der Waals surface area (Å²) in [6, 6.07) is 6.65. The molecule has 8 heteroatoms. The van der Waals surface area contributed by atoms with E-state index in [1.807, 2.05) is 6.92 Å². The monoisotopic (exact) mass is 348 g/mol. The number of nitrogens with one attached hydrogen (secondary N) is 1. The second-order valence-corrected chi connectivity index (χ2v) is 5.13. The normalized spacial score (nSPS) is 14.1. The Labute approximate surface area is 145 Å². The van der Waals surface area contributed by atoms with E-state index >= 15 is 0 Å². The topological polar surface area (TPSA) is 94.2 Å². The standard InChI is InChI=1S/C17H20N2O6/c1-4-18-15(20)11-6-5-7-12(8-11)19-10-25-9-13(16(21)23-2)14(19)17(22)24-3/h5-8H,4,9-10H2,1-3H3,(H,18,20). The van der Waals surface area contributed by atoms with Gasteiger partial charge in [-0.05, 0) is 25.1 Å². The summed E-state index contributed by atoms with van der Waals surface area (Å²) in [6.45, 7) is 2.28. The van der Waals surface area contributed by atoms with Gasteiger partial charge in [-0.15, -0.1) is 0 Å². The first-order chi connectivity index (χ1) is 12.0. The third-order valence-corrected chi connectivity index (χ3v) is 3.59. The van der Waals surface area contributed by atoms with Crippen LogP contribution in [0.4, 0.5) is 5.69 Å². The lowest BCUT2D eigenvalue weighted by atomic mass is 10.1. The van der Waals surface area contributed by atoms with Crippen molar-refractivity contribution in [2.45, 2.75) is 6.92 Å². The van der Waals surface area contributed by atoms with E-state index in [9.17, 15) is 14.4 Å². The molecule has 0 fully saturated rings. The molecule has 1 amide bonds. The number of amides is 1. The van der Waals surface area contributed by atoms with E-state index in [2.05, 4.69) is 5.32 Å². The van der Waals surface area contributed by atoms with E-state index < -0.39 is 11.9 Å². The minimum absolute atomic E-state index is 0.0315. The predicted octanol–water partition coefficient (Wildman–Crippen LogP) is 0.830. The van der Waals surface area contributed by atoms with Gasteiger partial charge in [0.05, 0.1) is 26.4 Å². The molecule has 1 aromatic rings. The lowest BCUT2D eigenvalue weighted by Crippen LogP contribution is -2.39. The van der Waals surface area contributed by atoms with Crippen molar-refractivity contribution in [2.75, 3.05) is 39.0 Å². The van der Waals surface area contributed by atoms with Gasteiger partial charge in [0.15, 0.2) is 0 Å². The predicted molar refractivity (Wildman–Crippen MR) is 88.8 cm³/mol. The third kappa shape index (κ3) is 3.97. The van der Waals surface area contributed by atoms with Gasteiger partial charge in [-0.3, -0.25) is 4.79 Å². The molecule has 1 aliphatic rings. The van der Waals surface area contributed by atoms with Crippen molar-refractivity contribution in [1.29, 1.82) is 0 Å². The highest BCUT2D eigenvalue weighted by Gasteiger charge is 2.32. The molecule has 0 radical (unpaired) electrons. The molecule has 0 unspecified atom stereocenters. The zero-order chi connectivity index (χ0) is 18.4. The number of ether oxygens (including phenoxy) is 3. The molecule has 134 valence electrons. The van der Waals surface area contributed by atoms with Gasteiger partial charge in [0.2, 0.25) is 0 Å². The van der Waals surface area contributed by atoms with Crippen LogP contribution in [-0.2, 0) is 23.8 Å². The number of methoxy groups -OCH3 is 2. The van der Waals surface area contributed by atoms with Crippen molar-refractivity contribution in [3.63, 3.8) is 0 Å². The number of benzene rings is 1. The van der Waals surface area contributed by atoms with Crippen LogP contribution in [-0.4, -0.2) is 51.9 Å². The quantitative estimate of drug-likeness (QED) is 0.788. The van der Waals surface area contributed by atoms with E-state index in [1.165, 1.54) is 19.1 Å². The minimum Gasteiger partial charge on any atom is -0.466 e. The van der Waals surface area contributed by atoms with Crippen LogP contribution in [0.25, 0.3) is 0 Å². The van der Waals surface area contributed by atoms with Gasteiger partial charge in [0, 0.05) is 17.8 Å². The molecular formula is C17H20N2O6. The van der Waals surface area contributed by atoms with Gasteiger partial charge in [0.1, 0.15) is 12.4 Å².